The molecule has 276 valence electrons. The fraction of sp³-hybridized carbons (Fsp3) is 0.975. The Morgan fingerprint density at radius 1 is 0.457 bits per heavy atom. The predicted octanol–water partition coefficient (Wildman–Crippen LogP) is 10.1. The summed E-state index contributed by atoms with van der Waals surface area (Å²) in [5, 5.41) is 43.5. The van der Waals surface area contributed by atoms with Crippen molar-refractivity contribution in [2.24, 2.45) is 0 Å². The topological polar surface area (TPSA) is 110 Å². The molecule has 0 aliphatic heterocycles. The fourth-order valence-corrected chi connectivity index (χ4v) is 6.52. The first-order valence-electron chi connectivity index (χ1n) is 20.4. The van der Waals surface area contributed by atoms with Crippen molar-refractivity contribution in [3.8, 4) is 0 Å². The van der Waals surface area contributed by atoms with Gasteiger partial charge < -0.3 is 25.7 Å². The van der Waals surface area contributed by atoms with Gasteiger partial charge in [-0.3, -0.25) is 4.79 Å². The van der Waals surface area contributed by atoms with Crippen LogP contribution in [0.4, 0.5) is 0 Å². The quantitative estimate of drug-likeness (QED) is 0.0428. The number of carbonyl (C=O) groups excluding carboxylic acids is 1. The minimum absolute atomic E-state index is 0.374. The van der Waals surface area contributed by atoms with Crippen molar-refractivity contribution in [2.45, 2.75) is 244 Å². The van der Waals surface area contributed by atoms with Crippen LogP contribution in [0.15, 0.2) is 0 Å². The van der Waals surface area contributed by atoms with Crippen LogP contribution >= 0.6 is 0 Å². The van der Waals surface area contributed by atoms with Crippen LogP contribution in [0.3, 0.4) is 0 Å². The molecule has 4 unspecified atom stereocenters. The van der Waals surface area contributed by atoms with Crippen LogP contribution in [0.2, 0.25) is 0 Å². The average molecular weight is 656 g/mol. The van der Waals surface area contributed by atoms with Crippen LogP contribution in [0.25, 0.3) is 0 Å². The maximum absolute atomic E-state index is 12.4. The Bertz CT molecular complexity index is 618. The van der Waals surface area contributed by atoms with E-state index in [1.807, 2.05) is 0 Å². The molecule has 0 rings (SSSR count). The minimum Gasteiger partial charge on any atom is -0.394 e. The summed E-state index contributed by atoms with van der Waals surface area (Å²) in [5.41, 5.74) is 0. The highest BCUT2D eigenvalue weighted by Gasteiger charge is 2.28. The number of hydrogen-bond donors (Lipinski definition) is 5. The number of hydrogen-bond acceptors (Lipinski definition) is 5. The van der Waals surface area contributed by atoms with Gasteiger partial charge in [-0.15, -0.1) is 0 Å². The van der Waals surface area contributed by atoms with E-state index in [1.54, 1.807) is 0 Å². The molecular weight excluding hydrogens is 574 g/mol. The third kappa shape index (κ3) is 29.4. The Balaban J connectivity index is 3.71. The molecule has 0 bridgehead atoms. The lowest BCUT2D eigenvalue weighted by molar-refractivity contribution is -0.132. The lowest BCUT2D eigenvalue weighted by atomic mass is 9.99. The van der Waals surface area contributed by atoms with Crippen LogP contribution in [-0.4, -0.2) is 57.3 Å². The number of nitrogens with one attached hydrogen (secondary N) is 1. The Hall–Kier alpha value is -0.690. The highest BCUT2D eigenvalue weighted by Crippen LogP contribution is 2.17. The lowest BCUT2D eigenvalue weighted by Gasteiger charge is -2.27. The molecule has 0 spiro atoms. The zero-order chi connectivity index (χ0) is 33.9. The lowest BCUT2D eigenvalue weighted by Crippen LogP contribution is -2.53. The first kappa shape index (κ1) is 45.3. The van der Waals surface area contributed by atoms with Gasteiger partial charge in [-0.05, 0) is 12.8 Å². The van der Waals surface area contributed by atoms with E-state index in [4.69, 9.17) is 0 Å². The normalized spacial score (nSPS) is 14.3. The Kier molecular flexibility index (Phi) is 35.1. The molecule has 6 heteroatoms. The molecule has 0 aliphatic rings. The molecule has 0 aromatic rings. The first-order valence-corrected chi connectivity index (χ1v) is 20.4. The number of rotatable bonds is 37. The van der Waals surface area contributed by atoms with Gasteiger partial charge in [0.25, 0.3) is 0 Å². The van der Waals surface area contributed by atoms with Gasteiger partial charge in [0.15, 0.2) is 0 Å². The monoisotopic (exact) mass is 656 g/mol. The van der Waals surface area contributed by atoms with E-state index in [2.05, 4.69) is 19.2 Å². The second-order valence-corrected chi connectivity index (χ2v) is 14.3. The summed E-state index contributed by atoms with van der Waals surface area (Å²) < 4.78 is 0. The van der Waals surface area contributed by atoms with E-state index in [0.29, 0.717) is 12.8 Å². The van der Waals surface area contributed by atoms with Crippen molar-refractivity contribution in [3.05, 3.63) is 0 Å². The van der Waals surface area contributed by atoms with Crippen molar-refractivity contribution in [1.82, 2.24) is 5.32 Å². The van der Waals surface area contributed by atoms with Gasteiger partial charge in [0.1, 0.15) is 12.2 Å². The first-order chi connectivity index (χ1) is 22.5. The van der Waals surface area contributed by atoms with E-state index in [1.165, 1.54) is 154 Å². The zero-order valence-electron chi connectivity index (χ0n) is 30.8. The molecule has 0 aromatic heterocycles. The van der Waals surface area contributed by atoms with Gasteiger partial charge in [0, 0.05) is 0 Å². The summed E-state index contributed by atoms with van der Waals surface area (Å²) in [4.78, 5) is 12.4. The Labute approximate surface area is 286 Å². The van der Waals surface area contributed by atoms with E-state index in [0.717, 1.165) is 38.5 Å². The number of aliphatic hydroxyl groups is 4. The van der Waals surface area contributed by atoms with Crippen LogP contribution < -0.4 is 5.32 Å². The van der Waals surface area contributed by atoms with Gasteiger partial charge in [-0.2, -0.15) is 0 Å². The summed E-state index contributed by atoms with van der Waals surface area (Å²) in [6, 6.07) is -0.977. The molecule has 0 heterocycles. The number of carbonyl (C=O) groups is 1. The van der Waals surface area contributed by atoms with Gasteiger partial charge >= 0.3 is 0 Å². The highest BCUT2D eigenvalue weighted by atomic mass is 16.3. The van der Waals surface area contributed by atoms with Crippen LogP contribution in [0.5, 0.6) is 0 Å². The van der Waals surface area contributed by atoms with Crippen molar-refractivity contribution < 1.29 is 25.2 Å². The van der Waals surface area contributed by atoms with Crippen molar-refractivity contribution in [1.29, 1.82) is 0 Å². The summed E-state index contributed by atoms with van der Waals surface area (Å²) >= 11 is 0. The Morgan fingerprint density at radius 3 is 1.04 bits per heavy atom. The molecule has 0 radical (unpaired) electrons. The van der Waals surface area contributed by atoms with E-state index >= 15 is 0 Å². The molecule has 0 aliphatic carbocycles. The molecule has 46 heavy (non-hydrogen) atoms. The average Bonchev–Trinajstić information content (AvgIpc) is 3.06. The molecule has 0 saturated heterocycles. The summed E-state index contributed by atoms with van der Waals surface area (Å²) in [6.45, 7) is 4.04. The third-order valence-corrected chi connectivity index (χ3v) is 9.82. The Morgan fingerprint density at radius 2 is 0.739 bits per heavy atom. The van der Waals surface area contributed by atoms with Crippen molar-refractivity contribution in [2.75, 3.05) is 6.61 Å². The molecule has 6 nitrogen and oxygen atoms in total. The minimum atomic E-state index is -1.25. The van der Waals surface area contributed by atoms with Crippen molar-refractivity contribution >= 4 is 5.91 Å². The molecule has 0 saturated carbocycles. The molecule has 0 aromatic carbocycles. The third-order valence-electron chi connectivity index (χ3n) is 9.82. The van der Waals surface area contributed by atoms with Crippen molar-refractivity contribution in [3.63, 3.8) is 0 Å². The van der Waals surface area contributed by atoms with Gasteiger partial charge in [0.2, 0.25) is 5.91 Å². The molecule has 5 N–H and O–H groups in total. The smallest absolute Gasteiger partial charge is 0.249 e. The summed E-state index contributed by atoms with van der Waals surface area (Å²) in [7, 11) is 0. The van der Waals surface area contributed by atoms with E-state index in [-0.39, 0.29) is 0 Å². The molecule has 0 fully saturated rings. The SMILES string of the molecule is CCCCCCCCCCCCCCCCCCCCCC(O)C(O)C(CO)NC(=O)C(O)CCCCCCCCCCCCC. The highest BCUT2D eigenvalue weighted by molar-refractivity contribution is 5.80. The second-order valence-electron chi connectivity index (χ2n) is 14.3. The van der Waals surface area contributed by atoms with E-state index < -0.39 is 36.9 Å². The zero-order valence-corrected chi connectivity index (χ0v) is 30.8. The van der Waals surface area contributed by atoms with Crippen LogP contribution in [-0.2, 0) is 4.79 Å². The largest absolute Gasteiger partial charge is 0.394 e. The number of aliphatic hydroxyl groups excluding tert-OH is 4. The maximum atomic E-state index is 12.4. The fourth-order valence-electron chi connectivity index (χ4n) is 6.52. The number of amides is 1. The molecular formula is C40H81NO5. The van der Waals surface area contributed by atoms with Crippen LogP contribution in [0.1, 0.15) is 219 Å². The summed E-state index contributed by atoms with van der Waals surface area (Å²) in [5.74, 6) is -0.583. The predicted molar refractivity (Wildman–Crippen MR) is 196 cm³/mol. The maximum Gasteiger partial charge on any atom is 0.249 e. The van der Waals surface area contributed by atoms with E-state index in [9.17, 15) is 25.2 Å². The van der Waals surface area contributed by atoms with Gasteiger partial charge in [-0.1, -0.05) is 206 Å². The summed E-state index contributed by atoms with van der Waals surface area (Å²) in [6.07, 6.45) is 35.6. The second kappa shape index (κ2) is 35.6. The van der Waals surface area contributed by atoms with Gasteiger partial charge in [-0.25, -0.2) is 0 Å². The molecule has 1 amide bonds. The van der Waals surface area contributed by atoms with Crippen LogP contribution in [0, 0.1) is 0 Å². The standard InChI is InChI=1S/C40H81NO5/c1-3-5-7-9-11-13-15-16-17-18-19-20-21-22-24-25-27-29-31-33-37(43)39(45)36(35-42)41-40(46)38(44)34-32-30-28-26-23-14-12-10-8-6-4-2/h36-39,42-45H,3-35H2,1-2H3,(H,41,46). The number of unbranched alkanes of at least 4 members (excludes halogenated alkanes) is 28. The van der Waals surface area contributed by atoms with Gasteiger partial charge in [0.05, 0.1) is 18.8 Å². The molecule has 4 atom stereocenters.